The van der Waals surface area contributed by atoms with E-state index in [1.165, 1.54) is 0 Å². The monoisotopic (exact) mass is 302 g/mol. The van der Waals surface area contributed by atoms with Crippen molar-refractivity contribution in [3.63, 3.8) is 0 Å². The van der Waals surface area contributed by atoms with Crippen LogP contribution in [0.15, 0.2) is 18.2 Å². The standard InChI is InChI=1S/C14H22N2O3.ClH/c1-4-6-11(15)14(17)16-12-9-10(18-3)7-8-13(12)19-5-2;/h7-9,11H,4-6,15H2,1-3H3,(H,16,17);1H. The van der Waals surface area contributed by atoms with E-state index in [0.717, 1.165) is 6.42 Å². The Balaban J connectivity index is 0.00000361. The molecule has 1 aromatic carbocycles. The maximum Gasteiger partial charge on any atom is 0.241 e. The molecule has 0 heterocycles. The number of carbonyl (C=O) groups is 1. The highest BCUT2D eigenvalue weighted by molar-refractivity contribution is 5.96. The van der Waals surface area contributed by atoms with Crippen molar-refractivity contribution in [2.45, 2.75) is 32.7 Å². The number of hydrogen-bond donors (Lipinski definition) is 2. The van der Waals surface area contributed by atoms with Gasteiger partial charge in [-0.2, -0.15) is 0 Å². The van der Waals surface area contributed by atoms with E-state index in [9.17, 15) is 4.79 Å². The van der Waals surface area contributed by atoms with Crippen LogP contribution < -0.4 is 20.5 Å². The van der Waals surface area contributed by atoms with E-state index < -0.39 is 6.04 Å². The molecule has 6 heteroatoms. The van der Waals surface area contributed by atoms with Crippen molar-refractivity contribution >= 4 is 24.0 Å². The Morgan fingerprint density at radius 1 is 1.40 bits per heavy atom. The van der Waals surface area contributed by atoms with Crippen LogP contribution in [0, 0.1) is 0 Å². The number of halogens is 1. The molecule has 0 aliphatic rings. The third kappa shape index (κ3) is 5.27. The quantitative estimate of drug-likeness (QED) is 0.812. The van der Waals surface area contributed by atoms with Gasteiger partial charge in [-0.15, -0.1) is 12.4 Å². The smallest absolute Gasteiger partial charge is 0.241 e. The van der Waals surface area contributed by atoms with Gasteiger partial charge in [0.25, 0.3) is 0 Å². The second-order valence-corrected chi connectivity index (χ2v) is 4.18. The van der Waals surface area contributed by atoms with Crippen LogP contribution in [0.5, 0.6) is 11.5 Å². The van der Waals surface area contributed by atoms with Gasteiger partial charge in [-0.3, -0.25) is 4.79 Å². The van der Waals surface area contributed by atoms with Gasteiger partial charge >= 0.3 is 0 Å². The molecule has 20 heavy (non-hydrogen) atoms. The summed E-state index contributed by atoms with van der Waals surface area (Å²) in [5, 5.41) is 2.79. The number of methoxy groups -OCH3 is 1. The molecule has 114 valence electrons. The average Bonchev–Trinajstić information content (AvgIpc) is 2.41. The number of nitrogens with two attached hydrogens (primary N) is 1. The van der Waals surface area contributed by atoms with Crippen LogP contribution in [0.4, 0.5) is 5.69 Å². The van der Waals surface area contributed by atoms with Crippen LogP contribution in [0.25, 0.3) is 0 Å². The third-order valence-electron chi connectivity index (χ3n) is 2.68. The minimum atomic E-state index is -0.509. The molecular weight excluding hydrogens is 280 g/mol. The normalized spacial score (nSPS) is 11.2. The van der Waals surface area contributed by atoms with Crippen LogP contribution in [-0.2, 0) is 4.79 Å². The van der Waals surface area contributed by atoms with Crippen LogP contribution in [-0.4, -0.2) is 25.7 Å². The third-order valence-corrected chi connectivity index (χ3v) is 2.68. The summed E-state index contributed by atoms with van der Waals surface area (Å²) >= 11 is 0. The molecule has 0 aliphatic carbocycles. The maximum absolute atomic E-state index is 11.9. The highest BCUT2D eigenvalue weighted by Crippen LogP contribution is 2.29. The molecule has 0 spiro atoms. The van der Waals surface area contributed by atoms with E-state index in [1.807, 2.05) is 13.8 Å². The number of rotatable bonds is 7. The molecule has 1 unspecified atom stereocenters. The second-order valence-electron chi connectivity index (χ2n) is 4.18. The molecule has 1 aromatic rings. The lowest BCUT2D eigenvalue weighted by atomic mass is 10.1. The number of ether oxygens (including phenoxy) is 2. The number of amides is 1. The van der Waals surface area contributed by atoms with Crippen molar-refractivity contribution in [1.29, 1.82) is 0 Å². The molecular formula is C14H23ClN2O3. The summed E-state index contributed by atoms with van der Waals surface area (Å²) in [6.45, 7) is 4.40. The summed E-state index contributed by atoms with van der Waals surface area (Å²) in [6.07, 6.45) is 1.52. The average molecular weight is 303 g/mol. The largest absolute Gasteiger partial charge is 0.497 e. The zero-order chi connectivity index (χ0) is 14.3. The zero-order valence-corrected chi connectivity index (χ0v) is 13.0. The fourth-order valence-corrected chi connectivity index (χ4v) is 1.68. The van der Waals surface area contributed by atoms with Gasteiger partial charge in [0.1, 0.15) is 11.5 Å². The Morgan fingerprint density at radius 3 is 2.65 bits per heavy atom. The van der Waals surface area contributed by atoms with E-state index in [1.54, 1.807) is 25.3 Å². The maximum atomic E-state index is 11.9. The fourth-order valence-electron chi connectivity index (χ4n) is 1.68. The SMILES string of the molecule is CCCC(N)C(=O)Nc1cc(OC)ccc1OCC.Cl. The summed E-state index contributed by atoms with van der Waals surface area (Å²) < 4.78 is 10.6. The second kappa shape index (κ2) is 9.44. The molecule has 1 amide bonds. The molecule has 1 atom stereocenters. The molecule has 0 aromatic heterocycles. The van der Waals surface area contributed by atoms with Gasteiger partial charge in [-0.05, 0) is 25.5 Å². The van der Waals surface area contributed by atoms with Gasteiger partial charge < -0.3 is 20.5 Å². The van der Waals surface area contributed by atoms with E-state index >= 15 is 0 Å². The molecule has 0 saturated carbocycles. The number of nitrogens with one attached hydrogen (secondary N) is 1. The number of benzene rings is 1. The Hall–Kier alpha value is -1.46. The van der Waals surface area contributed by atoms with Gasteiger partial charge in [0.05, 0.1) is 25.4 Å². The van der Waals surface area contributed by atoms with Crippen molar-refractivity contribution in [1.82, 2.24) is 0 Å². The number of carbonyl (C=O) groups excluding carboxylic acids is 1. The Morgan fingerprint density at radius 2 is 2.10 bits per heavy atom. The molecule has 3 N–H and O–H groups in total. The van der Waals surface area contributed by atoms with Gasteiger partial charge in [-0.25, -0.2) is 0 Å². The Labute approximate surface area is 126 Å². The van der Waals surface area contributed by atoms with E-state index in [-0.39, 0.29) is 18.3 Å². The lowest BCUT2D eigenvalue weighted by molar-refractivity contribution is -0.117. The molecule has 0 bridgehead atoms. The molecule has 0 saturated heterocycles. The van der Waals surface area contributed by atoms with Crippen LogP contribution in [0.2, 0.25) is 0 Å². The predicted molar refractivity (Wildman–Crippen MR) is 82.9 cm³/mol. The molecule has 0 radical (unpaired) electrons. The van der Waals surface area contributed by atoms with E-state index in [0.29, 0.717) is 30.2 Å². The Kier molecular flexibility index (Phi) is 8.76. The first-order valence-corrected chi connectivity index (χ1v) is 6.49. The summed E-state index contributed by atoms with van der Waals surface area (Å²) in [5.74, 6) is 1.05. The minimum Gasteiger partial charge on any atom is -0.497 e. The molecule has 1 rings (SSSR count). The highest BCUT2D eigenvalue weighted by Gasteiger charge is 2.15. The first kappa shape index (κ1) is 18.5. The summed E-state index contributed by atoms with van der Waals surface area (Å²) in [7, 11) is 1.57. The van der Waals surface area contributed by atoms with Gasteiger partial charge in [0, 0.05) is 6.07 Å². The summed E-state index contributed by atoms with van der Waals surface area (Å²) in [5.41, 5.74) is 6.37. The van der Waals surface area contributed by atoms with E-state index in [2.05, 4.69) is 5.32 Å². The van der Waals surface area contributed by atoms with Crippen molar-refractivity contribution in [3.05, 3.63) is 18.2 Å². The lowest BCUT2D eigenvalue weighted by Crippen LogP contribution is -2.35. The van der Waals surface area contributed by atoms with Crippen molar-refractivity contribution in [2.24, 2.45) is 5.73 Å². The van der Waals surface area contributed by atoms with Crippen LogP contribution >= 0.6 is 12.4 Å². The fraction of sp³-hybridized carbons (Fsp3) is 0.500. The molecule has 0 fully saturated rings. The Bertz CT molecular complexity index is 427. The van der Waals surface area contributed by atoms with Crippen LogP contribution in [0.3, 0.4) is 0 Å². The van der Waals surface area contributed by atoms with Crippen LogP contribution in [0.1, 0.15) is 26.7 Å². The van der Waals surface area contributed by atoms with Crippen molar-refractivity contribution < 1.29 is 14.3 Å². The highest BCUT2D eigenvalue weighted by atomic mass is 35.5. The first-order chi connectivity index (χ1) is 9.12. The van der Waals surface area contributed by atoms with E-state index in [4.69, 9.17) is 15.2 Å². The zero-order valence-electron chi connectivity index (χ0n) is 12.1. The lowest BCUT2D eigenvalue weighted by Gasteiger charge is -2.15. The number of hydrogen-bond acceptors (Lipinski definition) is 4. The topological polar surface area (TPSA) is 73.6 Å². The molecule has 0 aliphatic heterocycles. The molecule has 5 nitrogen and oxygen atoms in total. The summed E-state index contributed by atoms with van der Waals surface area (Å²) in [4.78, 5) is 11.9. The van der Waals surface area contributed by atoms with Gasteiger partial charge in [-0.1, -0.05) is 13.3 Å². The van der Waals surface area contributed by atoms with Gasteiger partial charge in [0.2, 0.25) is 5.91 Å². The number of anilines is 1. The first-order valence-electron chi connectivity index (χ1n) is 6.49. The van der Waals surface area contributed by atoms with Crippen molar-refractivity contribution in [3.8, 4) is 11.5 Å². The minimum absolute atomic E-state index is 0. The van der Waals surface area contributed by atoms with Crippen molar-refractivity contribution in [2.75, 3.05) is 19.0 Å². The van der Waals surface area contributed by atoms with Gasteiger partial charge in [0.15, 0.2) is 0 Å². The predicted octanol–water partition coefficient (Wildman–Crippen LogP) is 2.58. The summed E-state index contributed by atoms with van der Waals surface area (Å²) in [6, 6.07) is 4.77.